The van der Waals surface area contributed by atoms with E-state index in [2.05, 4.69) is 10.0 Å². The Labute approximate surface area is 177 Å². The van der Waals surface area contributed by atoms with E-state index in [0.717, 1.165) is 11.0 Å². The summed E-state index contributed by atoms with van der Waals surface area (Å²) in [7, 11) is -1.13. The molecule has 0 saturated carbocycles. The van der Waals surface area contributed by atoms with E-state index in [-0.39, 0.29) is 37.8 Å². The van der Waals surface area contributed by atoms with Gasteiger partial charge in [-0.1, -0.05) is 40.9 Å². The van der Waals surface area contributed by atoms with Crippen molar-refractivity contribution < 1.29 is 18.0 Å². The summed E-state index contributed by atoms with van der Waals surface area (Å²) >= 11 is 18.0. The van der Waals surface area contributed by atoms with E-state index < -0.39 is 21.8 Å². The lowest BCUT2D eigenvalue weighted by Gasteiger charge is -2.18. The average molecular weight is 465 g/mol. The lowest BCUT2D eigenvalue weighted by atomic mass is 10.2. The summed E-state index contributed by atoms with van der Waals surface area (Å²) in [6.07, 6.45) is 0. The Kier molecular flexibility index (Phi) is 7.30. The molecular formula is C17H16Cl3N3O4S. The fourth-order valence-electron chi connectivity index (χ4n) is 2.24. The van der Waals surface area contributed by atoms with Crippen LogP contribution in [0.15, 0.2) is 41.3 Å². The highest BCUT2D eigenvalue weighted by atomic mass is 35.5. The standard InChI is InChI=1S/C17H16Cl3N3O4S/c1-21-28(26,27)10-6-7-12(18)11(8-10)17(25)23(2)9-15(24)22-16-13(19)4-3-5-14(16)20/h3-8,21H,9H2,1-2H3,(H,22,24). The number of amides is 2. The second kappa shape index (κ2) is 9.11. The predicted octanol–water partition coefficient (Wildman–Crippen LogP) is 3.27. The number of anilines is 1. The third-order valence-electron chi connectivity index (χ3n) is 3.70. The molecule has 0 atom stereocenters. The van der Waals surface area contributed by atoms with Crippen LogP contribution in [0.4, 0.5) is 5.69 Å². The Hall–Kier alpha value is -1.84. The van der Waals surface area contributed by atoms with Crippen molar-refractivity contribution >= 4 is 62.3 Å². The van der Waals surface area contributed by atoms with Crippen molar-refractivity contribution in [1.29, 1.82) is 0 Å². The Bertz CT molecular complexity index is 1010. The van der Waals surface area contributed by atoms with E-state index in [9.17, 15) is 18.0 Å². The van der Waals surface area contributed by atoms with Gasteiger partial charge < -0.3 is 10.2 Å². The van der Waals surface area contributed by atoms with Crippen molar-refractivity contribution in [3.05, 3.63) is 57.0 Å². The Balaban J connectivity index is 2.19. The molecule has 2 amide bonds. The molecule has 0 aromatic heterocycles. The van der Waals surface area contributed by atoms with Crippen LogP contribution in [0, 0.1) is 0 Å². The van der Waals surface area contributed by atoms with Gasteiger partial charge in [-0.2, -0.15) is 0 Å². The molecule has 2 aromatic rings. The van der Waals surface area contributed by atoms with Crippen molar-refractivity contribution in [1.82, 2.24) is 9.62 Å². The third-order valence-corrected chi connectivity index (χ3v) is 6.07. The molecule has 2 aromatic carbocycles. The van der Waals surface area contributed by atoms with Gasteiger partial charge in [0.25, 0.3) is 5.91 Å². The first-order valence-electron chi connectivity index (χ1n) is 7.79. The first-order chi connectivity index (χ1) is 13.1. The van der Waals surface area contributed by atoms with Crippen LogP contribution in [-0.2, 0) is 14.8 Å². The van der Waals surface area contributed by atoms with Crippen LogP contribution in [0.2, 0.25) is 15.1 Å². The number of carbonyl (C=O) groups is 2. The SMILES string of the molecule is CNS(=O)(=O)c1ccc(Cl)c(C(=O)N(C)CC(=O)Nc2c(Cl)cccc2Cl)c1. The van der Waals surface area contributed by atoms with E-state index in [1.807, 2.05) is 0 Å². The van der Waals surface area contributed by atoms with Gasteiger partial charge in [0.1, 0.15) is 0 Å². The second-order valence-electron chi connectivity index (χ2n) is 5.66. The maximum Gasteiger partial charge on any atom is 0.255 e. The molecule has 0 fully saturated rings. The maximum atomic E-state index is 12.6. The number of para-hydroxylation sites is 1. The van der Waals surface area contributed by atoms with Gasteiger partial charge in [0.05, 0.1) is 37.8 Å². The minimum atomic E-state index is -3.76. The van der Waals surface area contributed by atoms with Gasteiger partial charge in [-0.3, -0.25) is 9.59 Å². The smallest absolute Gasteiger partial charge is 0.255 e. The van der Waals surface area contributed by atoms with Gasteiger partial charge in [-0.05, 0) is 37.4 Å². The van der Waals surface area contributed by atoms with Crippen LogP contribution in [0.1, 0.15) is 10.4 Å². The molecule has 0 unspecified atom stereocenters. The zero-order valence-corrected chi connectivity index (χ0v) is 17.9. The summed E-state index contributed by atoms with van der Waals surface area (Å²) < 4.78 is 26.0. The van der Waals surface area contributed by atoms with Crippen LogP contribution in [0.3, 0.4) is 0 Å². The highest BCUT2D eigenvalue weighted by Gasteiger charge is 2.21. The minimum Gasteiger partial charge on any atom is -0.332 e. The number of carbonyl (C=O) groups excluding carboxylic acids is 2. The monoisotopic (exact) mass is 463 g/mol. The molecule has 0 radical (unpaired) electrons. The Morgan fingerprint density at radius 2 is 1.64 bits per heavy atom. The molecule has 0 aliphatic rings. The van der Waals surface area contributed by atoms with E-state index in [4.69, 9.17) is 34.8 Å². The number of halogens is 3. The highest BCUT2D eigenvalue weighted by Crippen LogP contribution is 2.29. The van der Waals surface area contributed by atoms with Crippen LogP contribution in [0.25, 0.3) is 0 Å². The lowest BCUT2D eigenvalue weighted by Crippen LogP contribution is -2.35. The van der Waals surface area contributed by atoms with Gasteiger partial charge in [-0.15, -0.1) is 0 Å². The Morgan fingerprint density at radius 3 is 2.21 bits per heavy atom. The molecule has 0 spiro atoms. The van der Waals surface area contributed by atoms with Crippen LogP contribution >= 0.6 is 34.8 Å². The summed E-state index contributed by atoms with van der Waals surface area (Å²) in [5.74, 6) is -1.17. The van der Waals surface area contributed by atoms with E-state index >= 15 is 0 Å². The van der Waals surface area contributed by atoms with Gasteiger partial charge in [0, 0.05) is 7.05 Å². The van der Waals surface area contributed by atoms with Crippen molar-refractivity contribution in [3.8, 4) is 0 Å². The number of benzene rings is 2. The number of nitrogens with zero attached hydrogens (tertiary/aromatic N) is 1. The zero-order chi connectivity index (χ0) is 21.1. The Morgan fingerprint density at radius 1 is 1.04 bits per heavy atom. The number of likely N-dealkylation sites (N-methyl/N-ethyl adjacent to an activating group) is 1. The van der Waals surface area contributed by atoms with Gasteiger partial charge in [0.15, 0.2) is 0 Å². The number of sulfonamides is 1. The number of hydrogen-bond donors (Lipinski definition) is 2. The van der Waals surface area contributed by atoms with Crippen molar-refractivity contribution in [2.45, 2.75) is 4.90 Å². The van der Waals surface area contributed by atoms with E-state index in [1.165, 1.54) is 26.2 Å². The normalized spacial score (nSPS) is 11.2. The molecule has 2 N–H and O–H groups in total. The second-order valence-corrected chi connectivity index (χ2v) is 8.76. The molecule has 150 valence electrons. The molecule has 0 saturated heterocycles. The summed E-state index contributed by atoms with van der Waals surface area (Å²) in [6.45, 7) is -0.334. The fourth-order valence-corrected chi connectivity index (χ4v) is 3.69. The first kappa shape index (κ1) is 22.4. The molecule has 0 bridgehead atoms. The largest absolute Gasteiger partial charge is 0.332 e. The number of rotatable bonds is 6. The van der Waals surface area contributed by atoms with E-state index in [0.29, 0.717) is 0 Å². The number of nitrogens with one attached hydrogen (secondary N) is 2. The zero-order valence-electron chi connectivity index (χ0n) is 14.8. The molecule has 2 rings (SSSR count). The van der Waals surface area contributed by atoms with Crippen molar-refractivity contribution in [3.63, 3.8) is 0 Å². The van der Waals surface area contributed by atoms with Gasteiger partial charge in [-0.25, -0.2) is 13.1 Å². The van der Waals surface area contributed by atoms with Crippen LogP contribution in [0.5, 0.6) is 0 Å². The quantitative estimate of drug-likeness (QED) is 0.686. The third kappa shape index (κ3) is 5.15. The molecule has 0 aliphatic heterocycles. The summed E-state index contributed by atoms with van der Waals surface area (Å²) in [4.78, 5) is 25.9. The fraction of sp³-hybridized carbons (Fsp3) is 0.176. The van der Waals surface area contributed by atoms with Crippen LogP contribution < -0.4 is 10.0 Å². The summed E-state index contributed by atoms with van der Waals surface area (Å²) in [6, 6.07) is 8.48. The summed E-state index contributed by atoms with van der Waals surface area (Å²) in [5, 5.41) is 3.10. The summed E-state index contributed by atoms with van der Waals surface area (Å²) in [5.41, 5.74) is 0.181. The van der Waals surface area contributed by atoms with Crippen molar-refractivity contribution in [2.75, 3.05) is 26.0 Å². The molecule has 7 nitrogen and oxygen atoms in total. The van der Waals surface area contributed by atoms with Gasteiger partial charge >= 0.3 is 0 Å². The van der Waals surface area contributed by atoms with Crippen molar-refractivity contribution in [2.24, 2.45) is 0 Å². The predicted molar refractivity (Wildman–Crippen MR) is 110 cm³/mol. The first-order valence-corrected chi connectivity index (χ1v) is 10.4. The molecule has 0 aliphatic carbocycles. The van der Waals surface area contributed by atoms with Gasteiger partial charge in [0.2, 0.25) is 15.9 Å². The molecule has 0 heterocycles. The average Bonchev–Trinajstić information content (AvgIpc) is 2.64. The molecule has 28 heavy (non-hydrogen) atoms. The topological polar surface area (TPSA) is 95.6 Å². The highest BCUT2D eigenvalue weighted by molar-refractivity contribution is 7.89. The molecular weight excluding hydrogens is 449 g/mol. The van der Waals surface area contributed by atoms with Crippen LogP contribution in [-0.4, -0.2) is 45.8 Å². The number of hydrogen-bond acceptors (Lipinski definition) is 4. The lowest BCUT2D eigenvalue weighted by molar-refractivity contribution is -0.116. The maximum absolute atomic E-state index is 12.6. The molecule has 11 heteroatoms. The minimum absolute atomic E-state index is 0.0518. The van der Waals surface area contributed by atoms with E-state index in [1.54, 1.807) is 18.2 Å².